The highest BCUT2D eigenvalue weighted by Crippen LogP contribution is 2.16. The van der Waals surface area contributed by atoms with Gasteiger partial charge in [0.1, 0.15) is 13.2 Å². The molecule has 464 valence electrons. The molecule has 0 N–H and O–H groups in total. The lowest BCUT2D eigenvalue weighted by atomic mass is 10.0. The number of hydrogen-bond acceptors (Lipinski definition) is 6. The second kappa shape index (κ2) is 68.6. The average Bonchev–Trinajstić information content (AvgIpc) is 3.46. The summed E-state index contributed by atoms with van der Waals surface area (Å²) in [5, 5.41) is 0. The zero-order chi connectivity index (χ0) is 58.5. The standard InChI is InChI=1S/C75H128O6/c1-4-7-10-13-16-19-22-25-27-29-31-33-35-36-37-38-40-41-43-45-47-50-53-56-59-62-65-68-74(77)80-71-72(70-79-73(76)67-64-61-58-55-52-49-24-21-18-15-12-9-6-3)81-75(78)69-66-63-60-57-54-51-48-46-44-42-39-34-32-30-28-26-23-20-17-14-11-8-5-2/h7,10,16,19,21,24-25,27,30-33,36-37,40-41,45,47,72H,4-6,8-9,11-15,17-18,20,22-23,26,28-29,34-35,38-39,42-44,46,48-71H2,1-3H3/b10-7-,19-16-,24-21-,27-25-,32-30-,33-31-,37-36-,41-40-,47-45-. The van der Waals surface area contributed by atoms with Gasteiger partial charge >= 0.3 is 17.9 Å². The molecule has 0 heterocycles. The number of ether oxygens (including phenoxy) is 3. The van der Waals surface area contributed by atoms with Crippen molar-refractivity contribution >= 4 is 17.9 Å². The summed E-state index contributed by atoms with van der Waals surface area (Å²) in [5.41, 5.74) is 0. The molecule has 81 heavy (non-hydrogen) atoms. The van der Waals surface area contributed by atoms with Gasteiger partial charge in [0.15, 0.2) is 6.10 Å². The highest BCUT2D eigenvalue weighted by molar-refractivity contribution is 5.71. The summed E-state index contributed by atoms with van der Waals surface area (Å²) in [4.78, 5) is 38.4. The zero-order valence-electron chi connectivity index (χ0n) is 53.3. The molecule has 0 aliphatic rings. The van der Waals surface area contributed by atoms with Gasteiger partial charge in [-0.1, -0.05) is 291 Å². The van der Waals surface area contributed by atoms with Crippen molar-refractivity contribution in [2.45, 2.75) is 335 Å². The van der Waals surface area contributed by atoms with Crippen LogP contribution in [0.25, 0.3) is 0 Å². The summed E-state index contributed by atoms with van der Waals surface area (Å²) in [5.74, 6) is -0.906. The molecule has 0 rings (SSSR count). The molecule has 0 saturated carbocycles. The zero-order valence-corrected chi connectivity index (χ0v) is 53.3. The highest BCUT2D eigenvalue weighted by Gasteiger charge is 2.19. The Bertz CT molecular complexity index is 1620. The molecule has 0 amide bonds. The monoisotopic (exact) mass is 1120 g/mol. The van der Waals surface area contributed by atoms with Crippen LogP contribution in [-0.2, 0) is 28.6 Å². The lowest BCUT2D eigenvalue weighted by Gasteiger charge is -2.18. The van der Waals surface area contributed by atoms with Crippen molar-refractivity contribution in [3.05, 3.63) is 109 Å². The van der Waals surface area contributed by atoms with Crippen LogP contribution in [-0.4, -0.2) is 37.2 Å². The maximum Gasteiger partial charge on any atom is 0.306 e. The van der Waals surface area contributed by atoms with Gasteiger partial charge in [0.25, 0.3) is 0 Å². The van der Waals surface area contributed by atoms with Crippen LogP contribution in [0.5, 0.6) is 0 Å². The van der Waals surface area contributed by atoms with Crippen molar-refractivity contribution in [2.24, 2.45) is 0 Å². The Kier molecular flexibility index (Phi) is 65.2. The van der Waals surface area contributed by atoms with Crippen LogP contribution in [0.1, 0.15) is 329 Å². The molecule has 0 aromatic rings. The fraction of sp³-hybridized carbons (Fsp3) is 0.720. The molecule has 0 aliphatic heterocycles. The van der Waals surface area contributed by atoms with E-state index in [1.807, 2.05) is 0 Å². The third-order valence-corrected chi connectivity index (χ3v) is 14.7. The van der Waals surface area contributed by atoms with Crippen molar-refractivity contribution in [3.8, 4) is 0 Å². The van der Waals surface area contributed by atoms with Gasteiger partial charge in [0.2, 0.25) is 0 Å². The summed E-state index contributed by atoms with van der Waals surface area (Å²) >= 11 is 0. The minimum Gasteiger partial charge on any atom is -0.462 e. The van der Waals surface area contributed by atoms with Crippen molar-refractivity contribution in [2.75, 3.05) is 13.2 Å². The second-order valence-electron chi connectivity index (χ2n) is 22.7. The first-order valence-corrected chi connectivity index (χ1v) is 34.4. The van der Waals surface area contributed by atoms with E-state index in [-0.39, 0.29) is 31.1 Å². The number of allylic oxidation sites excluding steroid dienone is 18. The molecule has 0 fully saturated rings. The molecule has 0 aliphatic carbocycles. The molecule has 0 radical (unpaired) electrons. The largest absolute Gasteiger partial charge is 0.462 e. The van der Waals surface area contributed by atoms with Crippen molar-refractivity contribution < 1.29 is 28.6 Å². The van der Waals surface area contributed by atoms with Crippen LogP contribution < -0.4 is 0 Å². The Labute approximate surface area is 501 Å². The third-order valence-electron chi connectivity index (χ3n) is 14.7. The Hall–Kier alpha value is -3.93. The summed E-state index contributed by atoms with van der Waals surface area (Å²) in [6, 6.07) is 0. The molecule has 6 nitrogen and oxygen atoms in total. The Morgan fingerprint density at radius 3 is 0.778 bits per heavy atom. The molecule has 0 spiro atoms. The predicted molar refractivity (Wildman–Crippen MR) is 353 cm³/mol. The number of hydrogen-bond donors (Lipinski definition) is 0. The normalized spacial score (nSPS) is 12.8. The molecular formula is C75H128O6. The van der Waals surface area contributed by atoms with Crippen molar-refractivity contribution in [1.82, 2.24) is 0 Å². The summed E-state index contributed by atoms with van der Waals surface area (Å²) in [6.07, 6.45) is 93.9. The molecule has 1 unspecified atom stereocenters. The maximum absolute atomic E-state index is 12.9. The Balaban J connectivity index is 4.36. The van der Waals surface area contributed by atoms with Crippen LogP contribution in [0.4, 0.5) is 0 Å². The first-order chi connectivity index (χ1) is 40.0. The fourth-order valence-corrected chi connectivity index (χ4v) is 9.59. The van der Waals surface area contributed by atoms with Crippen LogP contribution >= 0.6 is 0 Å². The first-order valence-electron chi connectivity index (χ1n) is 34.4. The lowest BCUT2D eigenvalue weighted by molar-refractivity contribution is -0.167. The molecule has 0 bridgehead atoms. The quantitative estimate of drug-likeness (QED) is 0.0261. The van der Waals surface area contributed by atoms with Gasteiger partial charge in [-0.15, -0.1) is 0 Å². The lowest BCUT2D eigenvalue weighted by Crippen LogP contribution is -2.30. The topological polar surface area (TPSA) is 78.9 Å². The van der Waals surface area contributed by atoms with Gasteiger partial charge in [-0.25, -0.2) is 0 Å². The third kappa shape index (κ3) is 66.8. The van der Waals surface area contributed by atoms with E-state index < -0.39 is 6.10 Å². The van der Waals surface area contributed by atoms with Crippen LogP contribution in [0.3, 0.4) is 0 Å². The second-order valence-corrected chi connectivity index (χ2v) is 22.7. The van der Waals surface area contributed by atoms with E-state index in [2.05, 4.69) is 130 Å². The summed E-state index contributed by atoms with van der Waals surface area (Å²) in [6.45, 7) is 6.52. The predicted octanol–water partition coefficient (Wildman–Crippen LogP) is 23.8. The molecule has 1 atom stereocenters. The maximum atomic E-state index is 12.9. The van der Waals surface area contributed by atoms with Crippen LogP contribution in [0.2, 0.25) is 0 Å². The average molecular weight is 1130 g/mol. The SMILES string of the molecule is CC/C=C\C/C=C\C/C=C\C/C=C\C/C=C\C/C=C\C/C=C\CCCCCCCC(=O)OCC(COC(=O)CCCCCCC/C=C\CCCCCC)OC(=O)CCCCCCCCCCCCC/C=C\CCCCCCCCCC. The van der Waals surface area contributed by atoms with E-state index >= 15 is 0 Å². The van der Waals surface area contributed by atoms with Gasteiger partial charge in [-0.3, -0.25) is 14.4 Å². The number of esters is 3. The summed E-state index contributed by atoms with van der Waals surface area (Å²) in [7, 11) is 0. The van der Waals surface area contributed by atoms with E-state index in [4.69, 9.17) is 14.2 Å². The van der Waals surface area contributed by atoms with E-state index in [1.165, 1.54) is 161 Å². The minimum absolute atomic E-state index is 0.0884. The summed E-state index contributed by atoms with van der Waals surface area (Å²) < 4.78 is 16.9. The van der Waals surface area contributed by atoms with Gasteiger partial charge in [-0.2, -0.15) is 0 Å². The van der Waals surface area contributed by atoms with Crippen LogP contribution in [0.15, 0.2) is 109 Å². The Morgan fingerprint density at radius 1 is 0.259 bits per heavy atom. The molecule has 6 heteroatoms. The Morgan fingerprint density at radius 2 is 0.481 bits per heavy atom. The number of carbonyl (C=O) groups is 3. The van der Waals surface area contributed by atoms with Gasteiger partial charge in [-0.05, 0) is 128 Å². The van der Waals surface area contributed by atoms with Crippen LogP contribution in [0, 0.1) is 0 Å². The van der Waals surface area contributed by atoms with E-state index in [9.17, 15) is 14.4 Å². The molecule has 0 aromatic carbocycles. The number of unbranched alkanes of at least 4 members (excludes halogenated alkanes) is 33. The number of rotatable bonds is 62. The van der Waals surface area contributed by atoms with Crippen molar-refractivity contribution in [3.63, 3.8) is 0 Å². The molecule has 0 aromatic heterocycles. The first kappa shape index (κ1) is 77.1. The van der Waals surface area contributed by atoms with Gasteiger partial charge < -0.3 is 14.2 Å². The van der Waals surface area contributed by atoms with E-state index in [1.54, 1.807) is 0 Å². The molecular weight excluding hydrogens is 997 g/mol. The van der Waals surface area contributed by atoms with Gasteiger partial charge in [0, 0.05) is 19.3 Å². The minimum atomic E-state index is -0.793. The number of carbonyl (C=O) groups excluding carboxylic acids is 3. The smallest absolute Gasteiger partial charge is 0.306 e. The fourth-order valence-electron chi connectivity index (χ4n) is 9.59. The van der Waals surface area contributed by atoms with Crippen molar-refractivity contribution in [1.29, 1.82) is 0 Å². The van der Waals surface area contributed by atoms with Gasteiger partial charge in [0.05, 0.1) is 0 Å². The van der Waals surface area contributed by atoms with E-state index in [0.29, 0.717) is 19.3 Å². The van der Waals surface area contributed by atoms with E-state index in [0.717, 1.165) is 128 Å². The highest BCUT2D eigenvalue weighted by atomic mass is 16.6. The molecule has 0 saturated heterocycles.